The number of rotatable bonds is 10. The Morgan fingerprint density at radius 3 is 1.65 bits per heavy atom. The van der Waals surface area contributed by atoms with Crippen LogP contribution in [0.25, 0.3) is 0 Å². The van der Waals surface area contributed by atoms with Gasteiger partial charge in [-0.05, 0) is 22.0 Å². The molecule has 31 heavy (non-hydrogen) atoms. The van der Waals surface area contributed by atoms with Crippen LogP contribution in [0.3, 0.4) is 0 Å². The van der Waals surface area contributed by atoms with E-state index in [4.69, 9.17) is 14.5 Å². The highest BCUT2D eigenvalue weighted by molar-refractivity contribution is 7.60. The molecule has 1 unspecified atom stereocenters. The van der Waals surface area contributed by atoms with Crippen LogP contribution in [0.2, 0.25) is 0 Å². The topological polar surface area (TPSA) is 163 Å². The van der Waals surface area contributed by atoms with E-state index in [-0.39, 0.29) is 17.4 Å². The van der Waals surface area contributed by atoms with Gasteiger partial charge in [-0.25, -0.2) is 9.13 Å². The van der Waals surface area contributed by atoms with E-state index in [1.165, 1.54) is 0 Å². The van der Waals surface area contributed by atoms with Crippen LogP contribution in [0.15, 0.2) is 18.2 Å². The minimum absolute atomic E-state index is 0.285. The van der Waals surface area contributed by atoms with Crippen LogP contribution in [-0.2, 0) is 28.8 Å². The molecule has 1 rings (SSSR count). The molecule has 0 radical (unpaired) electrons. The van der Waals surface area contributed by atoms with Gasteiger partial charge in [0, 0.05) is 0 Å². The molecule has 1 aromatic rings. The Morgan fingerprint density at radius 1 is 0.839 bits per heavy atom. The zero-order valence-electron chi connectivity index (χ0n) is 18.7. The Bertz CT molecular complexity index is 799. The average molecular weight is 484 g/mol. The summed E-state index contributed by atoms with van der Waals surface area (Å²) >= 11 is 0. The maximum atomic E-state index is 11.8. The van der Waals surface area contributed by atoms with Gasteiger partial charge in [-0.1, -0.05) is 59.7 Å². The molecule has 0 aromatic heterocycles. The smallest absolute Gasteiger partial charge is 0.481 e. The molecule has 180 valence electrons. The maximum absolute atomic E-state index is 11.8. The van der Waals surface area contributed by atoms with Gasteiger partial charge < -0.3 is 29.6 Å². The van der Waals surface area contributed by atoms with Crippen molar-refractivity contribution in [2.24, 2.45) is 5.41 Å². The molecule has 0 aliphatic carbocycles. The Hall–Kier alpha value is -0.800. The molecule has 10 nitrogen and oxygen atoms in total. The Kier molecular flexibility index (Phi) is 9.10. The van der Waals surface area contributed by atoms with Crippen molar-refractivity contribution in [2.75, 3.05) is 26.4 Å². The van der Waals surface area contributed by atoms with E-state index in [9.17, 15) is 24.2 Å². The Labute approximate surface area is 183 Å². The predicted octanol–water partition coefficient (Wildman–Crippen LogP) is 2.86. The quantitative estimate of drug-likeness (QED) is 0.312. The molecule has 0 saturated carbocycles. The van der Waals surface area contributed by atoms with Gasteiger partial charge in [0.15, 0.2) is 0 Å². The number of hydrogen-bond acceptors (Lipinski definition) is 7. The highest BCUT2D eigenvalue weighted by Crippen LogP contribution is 2.58. The van der Waals surface area contributed by atoms with Gasteiger partial charge in [0.1, 0.15) is 12.4 Å². The lowest BCUT2D eigenvalue weighted by Gasteiger charge is -2.34. The lowest BCUT2D eigenvalue weighted by molar-refractivity contribution is -0.0255. The van der Waals surface area contributed by atoms with Gasteiger partial charge in [-0.2, -0.15) is 4.31 Å². The second-order valence-corrected chi connectivity index (χ2v) is 12.4. The molecular formula is C19H34O10P2. The predicted molar refractivity (Wildman–Crippen MR) is 115 cm³/mol. The SMILES string of the molecule is CC(C)(C)c1cccc(C(C)(C)C)c1OCC(CO)(CO)COP(=O)(O)OP(=O)(O)O. The van der Waals surface area contributed by atoms with Crippen molar-refractivity contribution < 1.29 is 47.6 Å². The fourth-order valence-electron chi connectivity index (χ4n) is 2.75. The minimum atomic E-state index is -5.29. The molecule has 0 aliphatic heterocycles. The summed E-state index contributed by atoms with van der Waals surface area (Å²) in [6.07, 6.45) is 0. The summed E-state index contributed by atoms with van der Waals surface area (Å²) in [5, 5.41) is 19.7. The summed E-state index contributed by atoms with van der Waals surface area (Å²) < 4.78 is 37.0. The van der Waals surface area contributed by atoms with Crippen molar-refractivity contribution in [1.29, 1.82) is 0 Å². The molecule has 0 bridgehead atoms. The summed E-state index contributed by atoms with van der Waals surface area (Å²) in [6, 6.07) is 5.75. The molecule has 5 N–H and O–H groups in total. The number of para-hydroxylation sites is 1. The van der Waals surface area contributed by atoms with E-state index in [1.807, 2.05) is 59.7 Å². The van der Waals surface area contributed by atoms with Crippen molar-refractivity contribution in [3.05, 3.63) is 29.3 Å². The average Bonchev–Trinajstić information content (AvgIpc) is 2.58. The molecule has 1 aromatic carbocycles. The van der Waals surface area contributed by atoms with Crippen LogP contribution >= 0.6 is 15.6 Å². The van der Waals surface area contributed by atoms with E-state index in [1.54, 1.807) is 0 Å². The van der Waals surface area contributed by atoms with Crippen molar-refractivity contribution >= 4 is 15.6 Å². The first kappa shape index (κ1) is 28.2. The highest BCUT2D eigenvalue weighted by atomic mass is 31.3. The monoisotopic (exact) mass is 484 g/mol. The lowest BCUT2D eigenvalue weighted by atomic mass is 9.79. The summed E-state index contributed by atoms with van der Waals surface area (Å²) in [5.74, 6) is 0.562. The van der Waals surface area contributed by atoms with E-state index >= 15 is 0 Å². The van der Waals surface area contributed by atoms with Crippen LogP contribution in [-0.4, -0.2) is 51.3 Å². The van der Waals surface area contributed by atoms with Crippen LogP contribution in [0.1, 0.15) is 52.7 Å². The van der Waals surface area contributed by atoms with E-state index in [0.29, 0.717) is 5.75 Å². The van der Waals surface area contributed by atoms with Crippen molar-refractivity contribution in [1.82, 2.24) is 0 Å². The first-order valence-corrected chi connectivity index (χ1v) is 12.6. The maximum Gasteiger partial charge on any atom is 0.481 e. The second kappa shape index (κ2) is 10.00. The van der Waals surface area contributed by atoms with Crippen molar-refractivity contribution in [3.63, 3.8) is 0 Å². The largest absolute Gasteiger partial charge is 0.492 e. The third kappa shape index (κ3) is 8.57. The summed E-state index contributed by atoms with van der Waals surface area (Å²) in [6.45, 7) is 9.63. The molecule has 1 atom stereocenters. The van der Waals surface area contributed by atoms with E-state index in [0.717, 1.165) is 11.1 Å². The van der Waals surface area contributed by atoms with Gasteiger partial charge in [0.05, 0.1) is 25.2 Å². The van der Waals surface area contributed by atoms with Crippen molar-refractivity contribution in [2.45, 2.75) is 52.4 Å². The third-order valence-electron chi connectivity index (χ3n) is 4.57. The number of aliphatic hydroxyl groups is 2. The second-order valence-electron chi connectivity index (χ2n) is 9.60. The normalized spacial score (nSPS) is 15.6. The highest BCUT2D eigenvalue weighted by Gasteiger charge is 2.39. The molecule has 0 amide bonds. The standard InChI is InChI=1S/C19H34O10P2/c1-17(2,3)14-8-7-9-15(18(4,5)6)16(14)27-12-19(10-20,11-21)13-28-31(25,26)29-30(22,23)24/h7-9,20-21H,10-13H2,1-6H3,(H,25,26)(H2,22,23,24). The molecule has 0 aliphatic rings. The number of phosphoric acid groups is 2. The molecule has 0 saturated heterocycles. The fourth-order valence-corrected chi connectivity index (χ4v) is 4.45. The summed E-state index contributed by atoms with van der Waals surface area (Å²) in [7, 11) is -10.4. The van der Waals surface area contributed by atoms with Gasteiger partial charge in [-0.15, -0.1) is 0 Å². The van der Waals surface area contributed by atoms with Crippen LogP contribution in [0, 0.1) is 5.41 Å². The van der Waals surface area contributed by atoms with E-state index < -0.39 is 40.9 Å². The number of aliphatic hydroxyl groups excluding tert-OH is 2. The third-order valence-corrected chi connectivity index (χ3v) is 6.70. The van der Waals surface area contributed by atoms with Crippen LogP contribution in [0.4, 0.5) is 0 Å². The van der Waals surface area contributed by atoms with Gasteiger partial charge in [0.2, 0.25) is 0 Å². The first-order valence-electron chi connectivity index (χ1n) is 9.59. The minimum Gasteiger partial charge on any atom is -0.492 e. The molecule has 12 heteroatoms. The number of phosphoric ester groups is 1. The zero-order valence-corrected chi connectivity index (χ0v) is 20.5. The molecule has 0 heterocycles. The lowest BCUT2D eigenvalue weighted by Crippen LogP contribution is -2.41. The van der Waals surface area contributed by atoms with Crippen LogP contribution < -0.4 is 4.74 Å². The van der Waals surface area contributed by atoms with Gasteiger partial charge in [0.25, 0.3) is 0 Å². The molecular weight excluding hydrogens is 450 g/mol. The summed E-state index contributed by atoms with van der Waals surface area (Å²) in [4.78, 5) is 26.9. The van der Waals surface area contributed by atoms with E-state index in [2.05, 4.69) is 8.83 Å². The molecule has 0 spiro atoms. The van der Waals surface area contributed by atoms with Crippen LogP contribution in [0.5, 0.6) is 5.75 Å². The van der Waals surface area contributed by atoms with Gasteiger partial charge >= 0.3 is 15.6 Å². The number of hydrogen-bond donors (Lipinski definition) is 5. The number of ether oxygens (including phenoxy) is 1. The number of benzene rings is 1. The first-order chi connectivity index (χ1) is 13.9. The Morgan fingerprint density at radius 2 is 1.29 bits per heavy atom. The summed E-state index contributed by atoms with van der Waals surface area (Å²) in [5.41, 5.74) is -0.332. The van der Waals surface area contributed by atoms with Crippen molar-refractivity contribution in [3.8, 4) is 5.75 Å². The fraction of sp³-hybridized carbons (Fsp3) is 0.684. The zero-order chi connectivity index (χ0) is 24.3. The molecule has 0 fully saturated rings. The Balaban J connectivity index is 3.22. The van der Waals surface area contributed by atoms with Gasteiger partial charge in [-0.3, -0.25) is 4.52 Å².